The Bertz CT molecular complexity index is 755. The molecule has 3 rings (SSSR count). The maximum absolute atomic E-state index is 13.5. The number of aromatic amines is 1. The lowest BCUT2D eigenvalue weighted by atomic mass is 10.2. The molecule has 2 aromatic heterocycles. The first kappa shape index (κ1) is 11.5. The number of nitrogens with zero attached hydrogens (tertiary/aromatic N) is 3. The monoisotopic (exact) mass is 265 g/mol. The fourth-order valence-corrected chi connectivity index (χ4v) is 1.63. The number of rotatable bonds is 2. The van der Waals surface area contributed by atoms with Gasteiger partial charge in [0.25, 0.3) is 0 Å². The number of benzene rings is 1. The van der Waals surface area contributed by atoms with E-state index in [1.54, 1.807) is 0 Å². The summed E-state index contributed by atoms with van der Waals surface area (Å²) in [6.45, 7) is 0. The van der Waals surface area contributed by atoms with Crippen molar-refractivity contribution < 1.29 is 13.2 Å². The zero-order chi connectivity index (χ0) is 13.4. The standard InChI is InChI=1S/C11H6F3N5/c12-5-1-6(13)8(14)7(2-5)19-11-9-10(16-3-15-9)17-4-18-11/h1-4H,(H2,15,16,17,18,19). The van der Waals surface area contributed by atoms with Crippen molar-refractivity contribution in [3.63, 3.8) is 0 Å². The van der Waals surface area contributed by atoms with Crippen molar-refractivity contribution in [1.82, 2.24) is 19.9 Å². The van der Waals surface area contributed by atoms with Gasteiger partial charge in [0.05, 0.1) is 12.0 Å². The highest BCUT2D eigenvalue weighted by atomic mass is 19.2. The van der Waals surface area contributed by atoms with Crippen LogP contribution in [0.4, 0.5) is 24.7 Å². The van der Waals surface area contributed by atoms with Gasteiger partial charge in [-0.25, -0.2) is 28.1 Å². The number of aromatic nitrogens is 4. The van der Waals surface area contributed by atoms with Crippen LogP contribution >= 0.6 is 0 Å². The Morgan fingerprint density at radius 1 is 1.05 bits per heavy atom. The normalized spacial score (nSPS) is 10.9. The van der Waals surface area contributed by atoms with Gasteiger partial charge in [0, 0.05) is 12.1 Å². The van der Waals surface area contributed by atoms with Crippen molar-refractivity contribution >= 4 is 22.7 Å². The number of fused-ring (bicyclic) bond motifs is 1. The molecular weight excluding hydrogens is 259 g/mol. The van der Waals surface area contributed by atoms with E-state index in [1.165, 1.54) is 12.7 Å². The van der Waals surface area contributed by atoms with Gasteiger partial charge in [0.15, 0.2) is 23.1 Å². The van der Waals surface area contributed by atoms with E-state index >= 15 is 0 Å². The van der Waals surface area contributed by atoms with Crippen molar-refractivity contribution in [1.29, 1.82) is 0 Å². The number of nitrogens with one attached hydrogen (secondary N) is 2. The molecule has 0 fully saturated rings. The lowest BCUT2D eigenvalue weighted by molar-refractivity contribution is 0.498. The van der Waals surface area contributed by atoms with Crippen molar-refractivity contribution in [3.8, 4) is 0 Å². The first-order valence-corrected chi connectivity index (χ1v) is 5.21. The predicted octanol–water partition coefficient (Wildman–Crippen LogP) is 2.51. The highest BCUT2D eigenvalue weighted by molar-refractivity contribution is 5.84. The van der Waals surface area contributed by atoms with E-state index in [9.17, 15) is 13.2 Å². The van der Waals surface area contributed by atoms with Crippen molar-refractivity contribution in [2.45, 2.75) is 0 Å². The van der Waals surface area contributed by atoms with Crippen LogP contribution in [0.25, 0.3) is 11.2 Å². The molecule has 0 saturated heterocycles. The average Bonchev–Trinajstić information content (AvgIpc) is 2.84. The van der Waals surface area contributed by atoms with E-state index < -0.39 is 17.5 Å². The highest BCUT2D eigenvalue weighted by Gasteiger charge is 2.13. The number of imidazole rings is 1. The zero-order valence-corrected chi connectivity index (χ0v) is 9.28. The number of anilines is 2. The van der Waals surface area contributed by atoms with E-state index in [1.807, 2.05) is 0 Å². The minimum Gasteiger partial charge on any atom is -0.340 e. The first-order valence-electron chi connectivity index (χ1n) is 5.21. The van der Waals surface area contributed by atoms with Crippen LogP contribution in [-0.4, -0.2) is 19.9 Å². The van der Waals surface area contributed by atoms with Crippen LogP contribution in [0.5, 0.6) is 0 Å². The highest BCUT2D eigenvalue weighted by Crippen LogP contribution is 2.24. The molecule has 0 spiro atoms. The lowest BCUT2D eigenvalue weighted by Gasteiger charge is -2.07. The lowest BCUT2D eigenvalue weighted by Crippen LogP contribution is -2.00. The Labute approximate surface area is 104 Å². The molecule has 0 radical (unpaired) electrons. The van der Waals surface area contributed by atoms with Gasteiger partial charge >= 0.3 is 0 Å². The molecule has 0 bridgehead atoms. The number of halogens is 3. The molecule has 8 heteroatoms. The third-order valence-electron chi connectivity index (χ3n) is 2.47. The van der Waals surface area contributed by atoms with E-state index in [0.717, 1.165) is 6.07 Å². The number of hydrogen-bond donors (Lipinski definition) is 2. The van der Waals surface area contributed by atoms with Crippen molar-refractivity contribution in [3.05, 3.63) is 42.2 Å². The molecule has 0 aliphatic heterocycles. The van der Waals surface area contributed by atoms with Crippen molar-refractivity contribution in [2.75, 3.05) is 5.32 Å². The van der Waals surface area contributed by atoms with Crippen LogP contribution < -0.4 is 5.32 Å². The Balaban J connectivity index is 2.08. The molecule has 0 aliphatic rings. The summed E-state index contributed by atoms with van der Waals surface area (Å²) >= 11 is 0. The molecule has 3 aromatic rings. The van der Waals surface area contributed by atoms with Gasteiger partial charge in [-0.05, 0) is 0 Å². The van der Waals surface area contributed by atoms with Gasteiger partial charge in [-0.3, -0.25) is 0 Å². The van der Waals surface area contributed by atoms with E-state index in [-0.39, 0.29) is 11.5 Å². The fourth-order valence-electron chi connectivity index (χ4n) is 1.63. The second-order valence-electron chi connectivity index (χ2n) is 3.70. The summed E-state index contributed by atoms with van der Waals surface area (Å²) in [7, 11) is 0. The Morgan fingerprint density at radius 2 is 1.89 bits per heavy atom. The Morgan fingerprint density at radius 3 is 2.74 bits per heavy atom. The minimum atomic E-state index is -1.28. The molecule has 1 aromatic carbocycles. The van der Waals surface area contributed by atoms with Crippen molar-refractivity contribution in [2.24, 2.45) is 0 Å². The third kappa shape index (κ3) is 1.96. The number of H-pyrrole nitrogens is 1. The molecule has 0 aliphatic carbocycles. The summed E-state index contributed by atoms with van der Waals surface area (Å²) in [5.74, 6) is -3.19. The topological polar surface area (TPSA) is 66.5 Å². The minimum absolute atomic E-state index is 0.173. The summed E-state index contributed by atoms with van der Waals surface area (Å²) in [4.78, 5) is 14.4. The molecule has 0 unspecified atom stereocenters. The average molecular weight is 265 g/mol. The van der Waals surface area contributed by atoms with Crippen LogP contribution in [0.1, 0.15) is 0 Å². The first-order chi connectivity index (χ1) is 9.15. The molecule has 96 valence electrons. The van der Waals surface area contributed by atoms with Gasteiger partial charge in [-0.2, -0.15) is 0 Å². The van der Waals surface area contributed by atoms with E-state index in [2.05, 4.69) is 25.3 Å². The van der Waals surface area contributed by atoms with Crippen LogP contribution in [0.2, 0.25) is 0 Å². The van der Waals surface area contributed by atoms with E-state index in [0.29, 0.717) is 17.2 Å². The van der Waals surface area contributed by atoms with Gasteiger partial charge in [0.1, 0.15) is 17.7 Å². The van der Waals surface area contributed by atoms with E-state index in [4.69, 9.17) is 0 Å². The van der Waals surface area contributed by atoms with Crippen LogP contribution in [-0.2, 0) is 0 Å². The predicted molar refractivity (Wildman–Crippen MR) is 61.3 cm³/mol. The Hall–Kier alpha value is -2.64. The maximum atomic E-state index is 13.5. The molecule has 5 nitrogen and oxygen atoms in total. The van der Waals surface area contributed by atoms with Gasteiger partial charge in [0.2, 0.25) is 0 Å². The summed E-state index contributed by atoms with van der Waals surface area (Å²) in [5.41, 5.74) is 0.411. The number of hydrogen-bond acceptors (Lipinski definition) is 4. The largest absolute Gasteiger partial charge is 0.340 e. The Kier molecular flexibility index (Phi) is 2.55. The molecule has 2 heterocycles. The second kappa shape index (κ2) is 4.23. The SMILES string of the molecule is Fc1cc(F)c(F)c(Nc2ncnc3nc[nH]c23)c1. The summed E-state index contributed by atoms with van der Waals surface area (Å²) < 4.78 is 39.7. The van der Waals surface area contributed by atoms with Gasteiger partial charge in [-0.15, -0.1) is 0 Å². The quantitative estimate of drug-likeness (QED) is 0.699. The van der Waals surface area contributed by atoms with Crippen LogP contribution in [0.15, 0.2) is 24.8 Å². The fraction of sp³-hybridized carbons (Fsp3) is 0. The van der Waals surface area contributed by atoms with Gasteiger partial charge in [-0.1, -0.05) is 0 Å². The molecule has 19 heavy (non-hydrogen) atoms. The van der Waals surface area contributed by atoms with Gasteiger partial charge < -0.3 is 10.3 Å². The zero-order valence-electron chi connectivity index (χ0n) is 9.28. The summed E-state index contributed by atoms with van der Waals surface area (Å²) in [5, 5.41) is 2.51. The molecule has 0 saturated carbocycles. The molecule has 0 atom stereocenters. The summed E-state index contributed by atoms with van der Waals surface area (Å²) in [6.07, 6.45) is 2.59. The molecular formula is C11H6F3N5. The molecule has 2 N–H and O–H groups in total. The molecule has 0 amide bonds. The summed E-state index contributed by atoms with van der Waals surface area (Å²) in [6, 6.07) is 1.30. The maximum Gasteiger partial charge on any atom is 0.182 e. The smallest absolute Gasteiger partial charge is 0.182 e. The van der Waals surface area contributed by atoms with Crippen LogP contribution in [0, 0.1) is 17.5 Å². The second-order valence-corrected chi connectivity index (χ2v) is 3.70. The van der Waals surface area contributed by atoms with Crippen LogP contribution in [0.3, 0.4) is 0 Å². The third-order valence-corrected chi connectivity index (χ3v) is 2.47.